The van der Waals surface area contributed by atoms with Crippen LogP contribution >= 0.6 is 0 Å². The average Bonchev–Trinajstić information content (AvgIpc) is 3.50. The van der Waals surface area contributed by atoms with E-state index < -0.39 is 34.8 Å². The lowest BCUT2D eigenvalue weighted by Gasteiger charge is -2.31. The molecule has 0 spiro atoms. The Bertz CT molecular complexity index is 1640. The fourth-order valence-electron chi connectivity index (χ4n) is 4.94. The molecule has 0 atom stereocenters. The number of imidazole rings is 1. The summed E-state index contributed by atoms with van der Waals surface area (Å²) in [6.07, 6.45) is -7.12. The van der Waals surface area contributed by atoms with Gasteiger partial charge in [0.25, 0.3) is 5.91 Å². The zero-order chi connectivity index (χ0) is 30.8. The molecule has 5 rings (SSSR count). The Labute approximate surface area is 243 Å². The minimum Gasteiger partial charge on any atom is -0.349 e. The predicted octanol–water partition coefficient (Wildman–Crippen LogP) is 8.31. The second-order valence-corrected chi connectivity index (χ2v) is 10.2. The maximum atomic E-state index is 13.4. The Kier molecular flexibility index (Phi) is 7.88. The standard InChI is InChI=1S/C33H25F6N3O/c1-31(24-8-4-2-5-9-24,25-10-6-3-7-11-25)20-41-30(43)29-19-40-21-42(29)28-14-12-22(13-15-28)23-16-26(32(34,35)36)18-27(17-23)33(37,38)39/h2-19,21H,20H2,1H3,(H,41,43). The Morgan fingerprint density at radius 1 is 0.698 bits per heavy atom. The van der Waals surface area contributed by atoms with Crippen LogP contribution in [0.25, 0.3) is 16.8 Å². The molecule has 0 saturated heterocycles. The first-order valence-electron chi connectivity index (χ1n) is 13.2. The van der Waals surface area contributed by atoms with Gasteiger partial charge in [-0.05, 0) is 59.5 Å². The van der Waals surface area contributed by atoms with E-state index in [-0.39, 0.29) is 29.4 Å². The third-order valence-corrected chi connectivity index (χ3v) is 7.36. The highest BCUT2D eigenvalue weighted by Crippen LogP contribution is 2.39. The van der Waals surface area contributed by atoms with Gasteiger partial charge in [-0.1, -0.05) is 72.8 Å². The van der Waals surface area contributed by atoms with Gasteiger partial charge >= 0.3 is 12.4 Å². The second-order valence-electron chi connectivity index (χ2n) is 10.2. The van der Waals surface area contributed by atoms with Crippen LogP contribution in [0.1, 0.15) is 39.7 Å². The number of hydrogen-bond donors (Lipinski definition) is 1. The van der Waals surface area contributed by atoms with Crippen molar-refractivity contribution in [3.63, 3.8) is 0 Å². The van der Waals surface area contributed by atoms with E-state index in [2.05, 4.69) is 10.3 Å². The summed E-state index contributed by atoms with van der Waals surface area (Å²) in [5, 5.41) is 3.00. The molecule has 43 heavy (non-hydrogen) atoms. The number of nitrogens with zero attached hydrogens (tertiary/aromatic N) is 2. The molecule has 220 valence electrons. The molecule has 10 heteroatoms. The van der Waals surface area contributed by atoms with Crippen LogP contribution in [0.15, 0.2) is 116 Å². The topological polar surface area (TPSA) is 46.9 Å². The van der Waals surface area contributed by atoms with E-state index in [1.807, 2.05) is 67.6 Å². The van der Waals surface area contributed by atoms with Gasteiger partial charge in [0.05, 0.1) is 23.7 Å². The number of carbonyl (C=O) groups is 1. The lowest BCUT2D eigenvalue weighted by molar-refractivity contribution is -0.143. The number of nitrogens with one attached hydrogen (secondary N) is 1. The second kappa shape index (κ2) is 11.4. The van der Waals surface area contributed by atoms with E-state index in [4.69, 9.17) is 0 Å². The molecule has 1 N–H and O–H groups in total. The van der Waals surface area contributed by atoms with Gasteiger partial charge in [0.1, 0.15) is 5.69 Å². The van der Waals surface area contributed by atoms with E-state index in [1.165, 1.54) is 41.4 Å². The molecule has 5 aromatic rings. The minimum absolute atomic E-state index is 0.0921. The Morgan fingerprint density at radius 3 is 1.70 bits per heavy atom. The zero-order valence-electron chi connectivity index (χ0n) is 22.7. The summed E-state index contributed by atoms with van der Waals surface area (Å²) in [7, 11) is 0. The first-order valence-corrected chi connectivity index (χ1v) is 13.2. The summed E-state index contributed by atoms with van der Waals surface area (Å²) in [5.41, 5.74) is -0.766. The summed E-state index contributed by atoms with van der Waals surface area (Å²) in [5.74, 6) is -0.410. The highest BCUT2D eigenvalue weighted by molar-refractivity contribution is 5.93. The van der Waals surface area contributed by atoms with Gasteiger partial charge in [-0.2, -0.15) is 26.3 Å². The third kappa shape index (κ3) is 6.33. The van der Waals surface area contributed by atoms with Crippen molar-refractivity contribution in [1.82, 2.24) is 14.9 Å². The molecule has 4 nitrogen and oxygen atoms in total. The van der Waals surface area contributed by atoms with Crippen LogP contribution in [0.5, 0.6) is 0 Å². The monoisotopic (exact) mass is 593 g/mol. The number of hydrogen-bond acceptors (Lipinski definition) is 2. The molecule has 0 aliphatic heterocycles. The number of halogens is 6. The van der Waals surface area contributed by atoms with Crippen LogP contribution in [0.2, 0.25) is 0 Å². The third-order valence-electron chi connectivity index (χ3n) is 7.36. The van der Waals surface area contributed by atoms with Gasteiger partial charge in [-0.25, -0.2) is 4.98 Å². The summed E-state index contributed by atoms with van der Waals surface area (Å²) in [6, 6.07) is 26.8. The van der Waals surface area contributed by atoms with Gasteiger partial charge in [-0.3, -0.25) is 9.36 Å². The summed E-state index contributed by atoms with van der Waals surface area (Å²) in [6.45, 7) is 2.30. The van der Waals surface area contributed by atoms with E-state index in [1.54, 1.807) is 0 Å². The molecule has 0 bridgehead atoms. The molecule has 0 aliphatic carbocycles. The van der Waals surface area contributed by atoms with E-state index in [9.17, 15) is 31.1 Å². The average molecular weight is 594 g/mol. The van der Waals surface area contributed by atoms with Crippen LogP contribution in [0.3, 0.4) is 0 Å². The van der Waals surface area contributed by atoms with Crippen molar-refractivity contribution in [2.45, 2.75) is 24.7 Å². The molecule has 0 fully saturated rings. The molecule has 0 unspecified atom stereocenters. The highest BCUT2D eigenvalue weighted by Gasteiger charge is 2.37. The van der Waals surface area contributed by atoms with Crippen LogP contribution in [0.4, 0.5) is 26.3 Å². The Balaban J connectivity index is 1.40. The molecule has 0 radical (unpaired) electrons. The Morgan fingerprint density at radius 2 is 1.21 bits per heavy atom. The van der Waals surface area contributed by atoms with Gasteiger partial charge < -0.3 is 5.32 Å². The molecular formula is C33H25F6N3O. The lowest BCUT2D eigenvalue weighted by atomic mass is 9.76. The SMILES string of the molecule is CC(CNC(=O)c1cncn1-c1ccc(-c2cc(C(F)(F)F)cc(C(F)(F)F)c2)cc1)(c1ccccc1)c1ccccc1. The van der Waals surface area contributed by atoms with E-state index >= 15 is 0 Å². The number of carbonyl (C=O) groups excluding carboxylic acids is 1. The predicted molar refractivity (Wildman–Crippen MR) is 151 cm³/mol. The van der Waals surface area contributed by atoms with Crippen LogP contribution in [-0.4, -0.2) is 22.0 Å². The van der Waals surface area contributed by atoms with Gasteiger partial charge in [0, 0.05) is 17.6 Å². The Hall–Kier alpha value is -4.86. The van der Waals surface area contributed by atoms with Crippen LogP contribution in [-0.2, 0) is 17.8 Å². The number of alkyl halides is 6. The van der Waals surface area contributed by atoms with Gasteiger partial charge in [0.15, 0.2) is 0 Å². The smallest absolute Gasteiger partial charge is 0.349 e. The highest BCUT2D eigenvalue weighted by atomic mass is 19.4. The summed E-state index contributed by atoms with van der Waals surface area (Å²) in [4.78, 5) is 17.5. The van der Waals surface area contributed by atoms with Crippen molar-refractivity contribution in [2.75, 3.05) is 6.54 Å². The van der Waals surface area contributed by atoms with Crippen LogP contribution < -0.4 is 5.32 Å². The van der Waals surface area contributed by atoms with Crippen molar-refractivity contribution in [3.8, 4) is 16.8 Å². The molecule has 0 saturated carbocycles. The van der Waals surface area contributed by atoms with Crippen LogP contribution in [0, 0.1) is 0 Å². The van der Waals surface area contributed by atoms with E-state index in [0.29, 0.717) is 17.8 Å². The molecule has 0 aliphatic rings. The number of amides is 1. The maximum Gasteiger partial charge on any atom is 0.416 e. The first kappa shape index (κ1) is 29.6. The summed E-state index contributed by atoms with van der Waals surface area (Å²) >= 11 is 0. The largest absolute Gasteiger partial charge is 0.416 e. The zero-order valence-corrected chi connectivity index (χ0v) is 22.7. The molecule has 1 amide bonds. The summed E-state index contributed by atoms with van der Waals surface area (Å²) < 4.78 is 81.5. The maximum absolute atomic E-state index is 13.4. The fourth-order valence-corrected chi connectivity index (χ4v) is 4.94. The molecular weight excluding hydrogens is 568 g/mol. The van der Waals surface area contributed by atoms with Crippen molar-refractivity contribution >= 4 is 5.91 Å². The fraction of sp³-hybridized carbons (Fsp3) is 0.152. The van der Waals surface area contributed by atoms with Gasteiger partial charge in [0.2, 0.25) is 0 Å². The van der Waals surface area contributed by atoms with Gasteiger partial charge in [-0.15, -0.1) is 0 Å². The first-order chi connectivity index (χ1) is 20.4. The molecule has 4 aromatic carbocycles. The molecule has 1 aromatic heterocycles. The van der Waals surface area contributed by atoms with Crippen molar-refractivity contribution in [1.29, 1.82) is 0 Å². The minimum atomic E-state index is -4.95. The van der Waals surface area contributed by atoms with E-state index in [0.717, 1.165) is 11.1 Å². The molecule has 1 heterocycles. The quantitative estimate of drug-likeness (QED) is 0.193. The number of aromatic nitrogens is 2. The van der Waals surface area contributed by atoms with Crippen molar-refractivity contribution < 1.29 is 31.1 Å². The lowest BCUT2D eigenvalue weighted by Crippen LogP contribution is -2.40. The normalized spacial score (nSPS) is 12.3. The number of rotatable bonds is 7. The van der Waals surface area contributed by atoms with Crippen molar-refractivity contribution in [3.05, 3.63) is 144 Å². The number of benzene rings is 4. The van der Waals surface area contributed by atoms with Crippen molar-refractivity contribution in [2.24, 2.45) is 0 Å².